The molecule has 0 aliphatic heterocycles. The number of hydrogen-bond donors (Lipinski definition) is 0. The van der Waals surface area contributed by atoms with Gasteiger partial charge in [-0.25, -0.2) is 4.98 Å². The van der Waals surface area contributed by atoms with Crippen molar-refractivity contribution in [1.29, 1.82) is 0 Å². The van der Waals surface area contributed by atoms with Gasteiger partial charge >= 0.3 is 0 Å². The van der Waals surface area contributed by atoms with Crippen molar-refractivity contribution in [1.82, 2.24) is 9.55 Å². The maximum absolute atomic E-state index is 5.62. The first-order chi connectivity index (χ1) is 28.3. The molecule has 0 spiro atoms. The molecule has 0 aliphatic rings. The summed E-state index contributed by atoms with van der Waals surface area (Å²) in [5.41, 5.74) is 14.4. The lowest BCUT2D eigenvalue weighted by Crippen LogP contribution is -2.02. The van der Waals surface area contributed by atoms with E-state index in [9.17, 15) is 0 Å². The van der Waals surface area contributed by atoms with Crippen LogP contribution >= 0.6 is 0 Å². The lowest BCUT2D eigenvalue weighted by molar-refractivity contribution is 1.18. The van der Waals surface area contributed by atoms with Crippen LogP contribution in [0, 0.1) is 0 Å². The standard InChI is InChI=1S/C55H36N2/c1-5-19-39(20-6-1)50-49(51(40-21-7-2-8-22-40)55(43-25-11-4-12-26-43)56-54(50)42-23-9-3-10-24-42)41-29-33-44(34-30-41)57-47-35-31-37-17-13-15-27-45(37)52(47)53-46-28-16-14-18-38(46)32-36-48(53)57/h1-36H. The van der Waals surface area contributed by atoms with Gasteiger partial charge in [0, 0.05) is 44.3 Å². The highest BCUT2D eigenvalue weighted by Gasteiger charge is 2.25. The number of nitrogens with zero attached hydrogens (tertiary/aromatic N) is 2. The van der Waals surface area contributed by atoms with E-state index in [1.165, 1.54) is 43.4 Å². The van der Waals surface area contributed by atoms with Crippen molar-refractivity contribution in [2.75, 3.05) is 0 Å². The number of fused-ring (bicyclic) bond motifs is 7. The van der Waals surface area contributed by atoms with Gasteiger partial charge in [0.2, 0.25) is 0 Å². The maximum Gasteiger partial charge on any atom is 0.0794 e. The van der Waals surface area contributed by atoms with E-state index in [1.54, 1.807) is 0 Å². The van der Waals surface area contributed by atoms with E-state index in [4.69, 9.17) is 4.98 Å². The third kappa shape index (κ3) is 5.45. The number of rotatable bonds is 6. The molecular formula is C55H36N2. The van der Waals surface area contributed by atoms with Gasteiger partial charge in [-0.3, -0.25) is 0 Å². The fourth-order valence-electron chi connectivity index (χ4n) is 8.86. The lowest BCUT2D eigenvalue weighted by Gasteiger charge is -2.23. The highest BCUT2D eigenvalue weighted by atomic mass is 15.0. The maximum atomic E-state index is 5.62. The molecule has 57 heavy (non-hydrogen) atoms. The Hall–Kier alpha value is -7.55. The minimum atomic E-state index is 0.959. The van der Waals surface area contributed by atoms with Gasteiger partial charge in [0.1, 0.15) is 0 Å². The number of hydrogen-bond acceptors (Lipinski definition) is 1. The molecule has 0 unspecified atom stereocenters. The van der Waals surface area contributed by atoms with Crippen LogP contribution < -0.4 is 0 Å². The van der Waals surface area contributed by atoms with E-state index in [0.717, 1.165) is 61.6 Å². The predicted molar refractivity (Wildman–Crippen MR) is 241 cm³/mol. The van der Waals surface area contributed by atoms with Crippen molar-refractivity contribution in [3.63, 3.8) is 0 Å². The first-order valence-electron chi connectivity index (χ1n) is 19.6. The molecule has 2 nitrogen and oxygen atoms in total. The third-order valence-corrected chi connectivity index (χ3v) is 11.4. The van der Waals surface area contributed by atoms with E-state index in [0.29, 0.717) is 0 Å². The van der Waals surface area contributed by atoms with Crippen molar-refractivity contribution in [3.8, 4) is 61.6 Å². The smallest absolute Gasteiger partial charge is 0.0794 e. The molecule has 2 aromatic heterocycles. The Morgan fingerprint density at radius 3 is 1.09 bits per heavy atom. The first kappa shape index (κ1) is 32.8. The second-order valence-electron chi connectivity index (χ2n) is 14.6. The van der Waals surface area contributed by atoms with Crippen LogP contribution in [0.25, 0.3) is 105 Å². The van der Waals surface area contributed by atoms with Crippen molar-refractivity contribution in [2.45, 2.75) is 0 Å². The second-order valence-corrected chi connectivity index (χ2v) is 14.6. The van der Waals surface area contributed by atoms with Crippen molar-refractivity contribution in [2.24, 2.45) is 0 Å². The topological polar surface area (TPSA) is 17.8 Å². The average molecular weight is 725 g/mol. The summed E-state index contributed by atoms with van der Waals surface area (Å²) in [5, 5.41) is 7.60. The largest absolute Gasteiger partial charge is 0.309 e. The molecular weight excluding hydrogens is 689 g/mol. The minimum Gasteiger partial charge on any atom is -0.309 e. The van der Waals surface area contributed by atoms with Gasteiger partial charge in [0.25, 0.3) is 0 Å². The van der Waals surface area contributed by atoms with Gasteiger partial charge in [0.15, 0.2) is 0 Å². The Morgan fingerprint density at radius 2 is 0.649 bits per heavy atom. The molecule has 0 fully saturated rings. The lowest BCUT2D eigenvalue weighted by atomic mass is 9.83. The van der Waals surface area contributed by atoms with E-state index in [2.05, 4.69) is 223 Å². The molecule has 2 heteroatoms. The van der Waals surface area contributed by atoms with Crippen LogP contribution in [0.3, 0.4) is 0 Å². The Balaban J connectivity index is 1.23. The average Bonchev–Trinajstić information content (AvgIpc) is 3.65. The SMILES string of the molecule is c1ccc(-c2nc(-c3ccccc3)c(-c3ccccc3)c(-c3ccc(-n4c5ccc6ccccc6c5c5c6ccccc6ccc54)cc3)c2-c2ccccc2)cc1. The van der Waals surface area contributed by atoms with Gasteiger partial charge in [-0.2, -0.15) is 0 Å². The highest BCUT2D eigenvalue weighted by Crippen LogP contribution is 2.49. The Kier molecular flexibility index (Phi) is 7.86. The van der Waals surface area contributed by atoms with Gasteiger partial charge in [0.05, 0.1) is 22.4 Å². The van der Waals surface area contributed by atoms with Crippen LogP contribution in [0.1, 0.15) is 0 Å². The van der Waals surface area contributed by atoms with E-state index in [-0.39, 0.29) is 0 Å². The summed E-state index contributed by atoms with van der Waals surface area (Å²) in [7, 11) is 0. The Labute approximate surface area is 331 Å². The van der Waals surface area contributed by atoms with Crippen LogP contribution in [-0.2, 0) is 0 Å². The summed E-state index contributed by atoms with van der Waals surface area (Å²) in [4.78, 5) is 5.62. The summed E-state index contributed by atoms with van der Waals surface area (Å²) in [5.74, 6) is 0. The van der Waals surface area contributed by atoms with E-state index in [1.807, 2.05) is 0 Å². The molecule has 0 N–H and O–H groups in total. The molecule has 0 saturated carbocycles. The summed E-state index contributed by atoms with van der Waals surface area (Å²) >= 11 is 0. The summed E-state index contributed by atoms with van der Waals surface area (Å²) in [6.07, 6.45) is 0. The molecule has 11 aromatic rings. The number of pyridine rings is 1. The van der Waals surface area contributed by atoms with Crippen LogP contribution in [0.4, 0.5) is 0 Å². The van der Waals surface area contributed by atoms with Crippen molar-refractivity contribution < 1.29 is 0 Å². The van der Waals surface area contributed by atoms with Crippen LogP contribution in [0.2, 0.25) is 0 Å². The Bertz CT molecular complexity index is 3040. The zero-order chi connectivity index (χ0) is 37.7. The highest BCUT2D eigenvalue weighted by molar-refractivity contribution is 6.28. The predicted octanol–water partition coefficient (Wildman–Crippen LogP) is 14.8. The second kappa shape index (κ2) is 13.6. The zero-order valence-corrected chi connectivity index (χ0v) is 31.2. The molecule has 0 atom stereocenters. The quantitative estimate of drug-likeness (QED) is 0.167. The summed E-state index contributed by atoms with van der Waals surface area (Å²) in [6, 6.07) is 78.6. The third-order valence-electron chi connectivity index (χ3n) is 11.4. The number of aromatic nitrogens is 2. The molecule has 11 rings (SSSR count). The molecule has 0 radical (unpaired) electrons. The molecule has 0 bridgehead atoms. The molecule has 266 valence electrons. The van der Waals surface area contributed by atoms with Gasteiger partial charge in [-0.05, 0) is 62.5 Å². The molecule has 2 heterocycles. The zero-order valence-electron chi connectivity index (χ0n) is 31.2. The van der Waals surface area contributed by atoms with Crippen molar-refractivity contribution in [3.05, 3.63) is 218 Å². The summed E-state index contributed by atoms with van der Waals surface area (Å²) in [6.45, 7) is 0. The van der Waals surface area contributed by atoms with Gasteiger partial charge in [-0.15, -0.1) is 0 Å². The van der Waals surface area contributed by atoms with Crippen LogP contribution in [0.5, 0.6) is 0 Å². The summed E-state index contributed by atoms with van der Waals surface area (Å²) < 4.78 is 2.45. The van der Waals surface area contributed by atoms with Crippen LogP contribution in [-0.4, -0.2) is 9.55 Å². The van der Waals surface area contributed by atoms with E-state index >= 15 is 0 Å². The van der Waals surface area contributed by atoms with E-state index < -0.39 is 0 Å². The minimum absolute atomic E-state index is 0.959. The molecule has 0 amide bonds. The van der Waals surface area contributed by atoms with Gasteiger partial charge < -0.3 is 4.57 Å². The molecule has 0 saturated heterocycles. The monoisotopic (exact) mass is 724 g/mol. The fourth-order valence-corrected chi connectivity index (χ4v) is 8.86. The molecule has 9 aromatic carbocycles. The van der Waals surface area contributed by atoms with Gasteiger partial charge in [-0.1, -0.05) is 194 Å². The normalized spacial score (nSPS) is 11.5. The first-order valence-corrected chi connectivity index (χ1v) is 19.6. The molecule has 0 aliphatic carbocycles. The Morgan fingerprint density at radius 1 is 0.281 bits per heavy atom. The fraction of sp³-hybridized carbons (Fsp3) is 0. The van der Waals surface area contributed by atoms with Crippen molar-refractivity contribution >= 4 is 43.4 Å². The van der Waals surface area contributed by atoms with Crippen LogP contribution in [0.15, 0.2) is 218 Å². The number of benzene rings is 9.